The fraction of sp³-hybridized carbons (Fsp3) is 0.600. The van der Waals surface area contributed by atoms with Crippen molar-refractivity contribution in [2.24, 2.45) is 0 Å². The van der Waals surface area contributed by atoms with E-state index >= 15 is 0 Å². The third-order valence-electron chi connectivity index (χ3n) is 5.25. The molecule has 1 aliphatic rings. The van der Waals surface area contributed by atoms with Crippen LogP contribution in [0.2, 0.25) is 5.28 Å². The van der Waals surface area contributed by atoms with E-state index in [1.54, 1.807) is 16.8 Å². The molecule has 1 amide bonds. The first kappa shape index (κ1) is 21.4. The van der Waals surface area contributed by atoms with E-state index in [9.17, 15) is 14.7 Å². The van der Waals surface area contributed by atoms with Crippen LogP contribution in [0.3, 0.4) is 0 Å². The van der Waals surface area contributed by atoms with Gasteiger partial charge in [0.1, 0.15) is 16.9 Å². The van der Waals surface area contributed by atoms with Gasteiger partial charge < -0.3 is 19.7 Å². The van der Waals surface area contributed by atoms with Crippen LogP contribution < -0.4 is 5.32 Å². The predicted octanol–water partition coefficient (Wildman–Crippen LogP) is 4.36. The Balaban J connectivity index is 1.94. The van der Waals surface area contributed by atoms with E-state index in [2.05, 4.69) is 15.3 Å². The number of hydrogen-bond donors (Lipinski definition) is 2. The minimum Gasteiger partial charge on any atom is -0.477 e. The molecule has 0 atom stereocenters. The molecule has 0 saturated heterocycles. The summed E-state index contributed by atoms with van der Waals surface area (Å²) in [5.74, 6) is -1.02. The van der Waals surface area contributed by atoms with E-state index in [0.717, 1.165) is 32.1 Å². The van der Waals surface area contributed by atoms with Crippen molar-refractivity contribution in [2.45, 2.75) is 70.4 Å². The molecule has 29 heavy (non-hydrogen) atoms. The molecular weight excluding hydrogens is 396 g/mol. The summed E-state index contributed by atoms with van der Waals surface area (Å²) in [6.07, 6.45) is 6.28. The maximum Gasteiger partial charge on any atom is 0.407 e. The van der Waals surface area contributed by atoms with Gasteiger partial charge in [0.15, 0.2) is 0 Å². The number of carbonyl (C=O) groups excluding carboxylic acids is 1. The second kappa shape index (κ2) is 8.18. The van der Waals surface area contributed by atoms with Gasteiger partial charge in [-0.1, -0.05) is 19.3 Å². The number of nitrogens with zero attached hydrogens (tertiary/aromatic N) is 3. The summed E-state index contributed by atoms with van der Waals surface area (Å²) in [5, 5.41) is 13.3. The largest absolute Gasteiger partial charge is 0.477 e. The van der Waals surface area contributed by atoms with Crippen molar-refractivity contribution in [1.29, 1.82) is 0 Å². The fourth-order valence-electron chi connectivity index (χ4n) is 4.11. The number of hydrogen-bond acceptors (Lipinski definition) is 5. The lowest BCUT2D eigenvalue weighted by molar-refractivity contribution is 0.0511. The Kier molecular flexibility index (Phi) is 6.03. The number of nitrogens with one attached hydrogen (secondary N) is 1. The highest BCUT2D eigenvalue weighted by Gasteiger charge is 2.38. The normalized spacial score (nSPS) is 16.6. The highest BCUT2D eigenvalue weighted by molar-refractivity contribution is 6.28. The smallest absolute Gasteiger partial charge is 0.407 e. The Hall–Kier alpha value is -2.35. The highest BCUT2D eigenvalue weighted by Crippen LogP contribution is 2.41. The Morgan fingerprint density at radius 1 is 1.31 bits per heavy atom. The Bertz CT molecular complexity index is 913. The van der Waals surface area contributed by atoms with Crippen molar-refractivity contribution in [1.82, 2.24) is 19.9 Å². The van der Waals surface area contributed by atoms with Crippen molar-refractivity contribution in [3.63, 3.8) is 0 Å². The minimum atomic E-state index is -1.02. The summed E-state index contributed by atoms with van der Waals surface area (Å²) in [6.45, 7) is 5.80. The van der Waals surface area contributed by atoms with E-state index in [1.807, 2.05) is 20.8 Å². The summed E-state index contributed by atoms with van der Waals surface area (Å²) in [4.78, 5) is 32.4. The van der Waals surface area contributed by atoms with Crippen molar-refractivity contribution in [3.05, 3.63) is 23.2 Å². The van der Waals surface area contributed by atoms with Crippen molar-refractivity contribution >= 4 is 34.7 Å². The number of aromatic carboxylic acids is 1. The molecule has 9 heteroatoms. The molecule has 2 N–H and O–H groups in total. The van der Waals surface area contributed by atoms with Gasteiger partial charge >= 0.3 is 12.1 Å². The number of fused-ring (bicyclic) bond motifs is 1. The van der Waals surface area contributed by atoms with Crippen LogP contribution in [0.15, 0.2) is 12.3 Å². The number of amides is 1. The summed E-state index contributed by atoms with van der Waals surface area (Å²) in [7, 11) is 0. The van der Waals surface area contributed by atoms with Gasteiger partial charge in [0, 0.05) is 23.7 Å². The van der Waals surface area contributed by atoms with Gasteiger partial charge in [-0.05, 0) is 57.7 Å². The zero-order chi connectivity index (χ0) is 21.2. The Labute approximate surface area is 174 Å². The van der Waals surface area contributed by atoms with E-state index in [-0.39, 0.29) is 11.0 Å². The third-order valence-corrected chi connectivity index (χ3v) is 5.43. The molecule has 158 valence electrons. The maximum atomic E-state index is 12.1. The molecule has 0 aromatic carbocycles. The molecule has 3 rings (SSSR count). The molecule has 0 radical (unpaired) electrons. The minimum absolute atomic E-state index is 0.0756. The lowest BCUT2D eigenvalue weighted by Crippen LogP contribution is -2.42. The molecule has 0 bridgehead atoms. The molecule has 0 spiro atoms. The van der Waals surface area contributed by atoms with Gasteiger partial charge in [0.25, 0.3) is 0 Å². The highest BCUT2D eigenvalue weighted by atomic mass is 35.5. The molecule has 1 saturated carbocycles. The van der Waals surface area contributed by atoms with Crippen LogP contribution in [0.4, 0.5) is 4.79 Å². The first-order valence-corrected chi connectivity index (χ1v) is 10.2. The molecule has 0 unspecified atom stereocenters. The summed E-state index contributed by atoms with van der Waals surface area (Å²) in [6, 6.07) is 1.59. The van der Waals surface area contributed by atoms with Crippen molar-refractivity contribution in [3.8, 4) is 0 Å². The number of alkyl carbamates (subject to hydrolysis) is 1. The summed E-state index contributed by atoms with van der Waals surface area (Å²) >= 11 is 6.01. The number of aromatic nitrogens is 3. The molecule has 8 nitrogen and oxygen atoms in total. The van der Waals surface area contributed by atoms with Gasteiger partial charge in [-0.25, -0.2) is 14.6 Å². The standard InChI is InChI=1S/C20H27ClN4O4/c1-19(2,3)29-18(28)22-10-9-20(7-5-4-6-8-20)25-14(16(26)27)11-13-12-23-17(21)24-15(13)25/h11-12H,4-10H2,1-3H3,(H,22,28)(H,26,27). The molecule has 0 aliphatic heterocycles. The SMILES string of the molecule is CC(C)(C)OC(=O)NCCC1(n2c(C(=O)O)cc3cnc(Cl)nc32)CCCCC1. The van der Waals surface area contributed by atoms with Gasteiger partial charge in [-0.15, -0.1) is 0 Å². The van der Waals surface area contributed by atoms with Crippen LogP contribution in [0.1, 0.15) is 69.8 Å². The van der Waals surface area contributed by atoms with Gasteiger partial charge in [0.2, 0.25) is 5.28 Å². The van der Waals surface area contributed by atoms with Crippen molar-refractivity contribution < 1.29 is 19.4 Å². The second-order valence-electron chi connectivity index (χ2n) is 8.55. The third kappa shape index (κ3) is 4.80. The van der Waals surface area contributed by atoms with Gasteiger partial charge in [-0.2, -0.15) is 4.98 Å². The molecule has 2 aromatic rings. The quantitative estimate of drug-likeness (QED) is 0.693. The number of rotatable bonds is 5. The first-order valence-electron chi connectivity index (χ1n) is 9.86. The fourth-order valence-corrected chi connectivity index (χ4v) is 4.24. The Morgan fingerprint density at radius 2 is 2.00 bits per heavy atom. The number of halogens is 1. The zero-order valence-corrected chi connectivity index (χ0v) is 17.8. The number of carboxylic acid groups (broad SMARTS) is 1. The molecule has 1 fully saturated rings. The lowest BCUT2D eigenvalue weighted by atomic mass is 9.78. The molecule has 1 aliphatic carbocycles. The second-order valence-corrected chi connectivity index (χ2v) is 8.89. The van der Waals surface area contributed by atoms with Crippen LogP contribution in [0, 0.1) is 0 Å². The van der Waals surface area contributed by atoms with Gasteiger partial charge in [-0.3, -0.25) is 0 Å². The number of ether oxygens (including phenoxy) is 1. The molecular formula is C20H27ClN4O4. The zero-order valence-electron chi connectivity index (χ0n) is 17.0. The van der Waals surface area contributed by atoms with Crippen molar-refractivity contribution in [2.75, 3.05) is 6.54 Å². The number of carboxylic acids is 1. The summed E-state index contributed by atoms with van der Waals surface area (Å²) < 4.78 is 7.11. The monoisotopic (exact) mass is 422 g/mol. The van der Waals surface area contributed by atoms with E-state index < -0.39 is 23.2 Å². The van der Waals surface area contributed by atoms with Crippen LogP contribution >= 0.6 is 11.6 Å². The van der Waals surface area contributed by atoms with E-state index in [1.165, 1.54) is 0 Å². The molecule has 2 aromatic heterocycles. The average molecular weight is 423 g/mol. The maximum absolute atomic E-state index is 12.1. The topological polar surface area (TPSA) is 106 Å². The van der Waals surface area contributed by atoms with E-state index in [0.29, 0.717) is 24.0 Å². The van der Waals surface area contributed by atoms with Gasteiger partial charge in [0.05, 0.1) is 0 Å². The van der Waals surface area contributed by atoms with Crippen LogP contribution in [-0.2, 0) is 10.3 Å². The average Bonchev–Trinajstić information content (AvgIpc) is 3.00. The van der Waals surface area contributed by atoms with E-state index in [4.69, 9.17) is 16.3 Å². The molecule has 2 heterocycles. The predicted molar refractivity (Wildman–Crippen MR) is 109 cm³/mol. The summed E-state index contributed by atoms with van der Waals surface area (Å²) in [5.41, 5.74) is -0.370. The first-order chi connectivity index (χ1) is 13.6. The van der Waals surface area contributed by atoms with Crippen LogP contribution in [-0.4, -0.2) is 43.8 Å². The Morgan fingerprint density at radius 3 is 2.62 bits per heavy atom. The van der Waals surface area contributed by atoms with Crippen LogP contribution in [0.5, 0.6) is 0 Å². The van der Waals surface area contributed by atoms with Crippen LogP contribution in [0.25, 0.3) is 11.0 Å². The number of carbonyl (C=O) groups is 2. The lowest BCUT2D eigenvalue weighted by Gasteiger charge is -2.40.